The molecule has 0 saturated carbocycles. The molecule has 2 aromatic carbocycles. The second kappa shape index (κ2) is 11.2. The van der Waals surface area contributed by atoms with Gasteiger partial charge in [-0.2, -0.15) is 0 Å². The molecular formula is C23H24N2O5S. The number of imide groups is 1. The van der Waals surface area contributed by atoms with Crippen LogP contribution in [0.3, 0.4) is 0 Å². The molecule has 1 fully saturated rings. The van der Waals surface area contributed by atoms with Crippen molar-refractivity contribution in [3.63, 3.8) is 0 Å². The number of thioether (sulfide) groups is 1. The maximum atomic E-state index is 12.5. The lowest BCUT2D eigenvalue weighted by atomic mass is 10.2. The molecule has 0 atom stereocenters. The average molecular weight is 441 g/mol. The van der Waals surface area contributed by atoms with Gasteiger partial charge in [-0.25, -0.2) is 0 Å². The topological polar surface area (TPSA) is 84.9 Å². The molecule has 7 nitrogen and oxygen atoms in total. The van der Waals surface area contributed by atoms with E-state index in [-0.39, 0.29) is 30.1 Å². The average Bonchev–Trinajstić information content (AvgIpc) is 3.05. The van der Waals surface area contributed by atoms with E-state index in [1.54, 1.807) is 25.3 Å². The largest absolute Gasteiger partial charge is 0.497 e. The fraction of sp³-hybridized carbons (Fsp3) is 0.261. The minimum Gasteiger partial charge on any atom is -0.497 e. The summed E-state index contributed by atoms with van der Waals surface area (Å²) >= 11 is 0.898. The Morgan fingerprint density at radius 1 is 1.06 bits per heavy atom. The Hall–Kier alpha value is -3.26. The zero-order valence-electron chi connectivity index (χ0n) is 17.2. The quantitative estimate of drug-likeness (QED) is 0.448. The van der Waals surface area contributed by atoms with E-state index in [9.17, 15) is 14.4 Å². The molecule has 0 unspecified atom stereocenters. The van der Waals surface area contributed by atoms with Crippen LogP contribution in [0.1, 0.15) is 18.4 Å². The Kier molecular flexibility index (Phi) is 8.12. The van der Waals surface area contributed by atoms with Gasteiger partial charge in [-0.3, -0.25) is 19.3 Å². The van der Waals surface area contributed by atoms with Crippen LogP contribution in [0.2, 0.25) is 0 Å². The van der Waals surface area contributed by atoms with Crippen molar-refractivity contribution in [1.82, 2.24) is 10.2 Å². The number of benzene rings is 2. The predicted octanol–water partition coefficient (Wildman–Crippen LogP) is 3.71. The molecule has 3 amide bonds. The van der Waals surface area contributed by atoms with Crippen molar-refractivity contribution in [2.24, 2.45) is 0 Å². The number of nitrogens with one attached hydrogen (secondary N) is 1. The summed E-state index contributed by atoms with van der Waals surface area (Å²) in [7, 11) is 1.58. The number of nitrogens with zero attached hydrogens (tertiary/aromatic N) is 1. The third kappa shape index (κ3) is 6.62. The van der Waals surface area contributed by atoms with Crippen molar-refractivity contribution in [3.05, 3.63) is 65.1 Å². The fourth-order valence-electron chi connectivity index (χ4n) is 2.88. The molecule has 8 heteroatoms. The van der Waals surface area contributed by atoms with Crippen molar-refractivity contribution in [1.29, 1.82) is 0 Å². The first-order valence-electron chi connectivity index (χ1n) is 9.91. The smallest absolute Gasteiger partial charge is 0.293 e. The van der Waals surface area contributed by atoms with Gasteiger partial charge >= 0.3 is 0 Å². The Morgan fingerprint density at radius 2 is 1.81 bits per heavy atom. The van der Waals surface area contributed by atoms with Crippen molar-refractivity contribution in [2.45, 2.75) is 12.8 Å². The number of methoxy groups -OCH3 is 1. The van der Waals surface area contributed by atoms with Crippen molar-refractivity contribution >= 4 is 34.9 Å². The van der Waals surface area contributed by atoms with Gasteiger partial charge in [0, 0.05) is 19.5 Å². The van der Waals surface area contributed by atoms with E-state index in [1.807, 2.05) is 42.5 Å². The van der Waals surface area contributed by atoms with E-state index in [2.05, 4.69) is 5.32 Å². The van der Waals surface area contributed by atoms with Gasteiger partial charge in [-0.1, -0.05) is 30.3 Å². The molecule has 1 heterocycles. The lowest BCUT2D eigenvalue weighted by Crippen LogP contribution is -2.37. The molecule has 1 saturated heterocycles. The molecular weight excluding hydrogens is 416 g/mol. The van der Waals surface area contributed by atoms with E-state index in [0.29, 0.717) is 30.1 Å². The van der Waals surface area contributed by atoms with Gasteiger partial charge in [-0.05, 0) is 54.1 Å². The summed E-state index contributed by atoms with van der Waals surface area (Å²) in [4.78, 5) is 38.2. The number of hydrogen-bond donors (Lipinski definition) is 1. The van der Waals surface area contributed by atoms with E-state index >= 15 is 0 Å². The molecule has 1 aliphatic rings. The first-order valence-corrected chi connectivity index (χ1v) is 10.7. The van der Waals surface area contributed by atoms with Gasteiger partial charge in [0.1, 0.15) is 11.5 Å². The number of amides is 3. The van der Waals surface area contributed by atoms with Crippen LogP contribution in [0.5, 0.6) is 11.5 Å². The predicted molar refractivity (Wildman–Crippen MR) is 120 cm³/mol. The fourth-order valence-corrected chi connectivity index (χ4v) is 3.74. The molecule has 3 rings (SSSR count). The van der Waals surface area contributed by atoms with Gasteiger partial charge in [0.25, 0.3) is 11.1 Å². The molecule has 1 N–H and O–H groups in total. The van der Waals surface area contributed by atoms with Crippen LogP contribution < -0.4 is 14.8 Å². The highest BCUT2D eigenvalue weighted by Gasteiger charge is 2.34. The maximum absolute atomic E-state index is 12.5. The third-order valence-corrected chi connectivity index (χ3v) is 5.41. The van der Waals surface area contributed by atoms with Crippen LogP contribution >= 0.6 is 11.8 Å². The Morgan fingerprint density at radius 3 is 2.52 bits per heavy atom. The number of rotatable bonds is 10. The zero-order valence-corrected chi connectivity index (χ0v) is 18.0. The van der Waals surface area contributed by atoms with Gasteiger partial charge in [0.15, 0.2) is 0 Å². The van der Waals surface area contributed by atoms with Crippen molar-refractivity contribution in [2.75, 3.05) is 26.8 Å². The number of hydrogen-bond acceptors (Lipinski definition) is 6. The standard InChI is InChI=1S/C23H24N2O5S/c1-29-18-11-9-17(10-12-18)16-20-22(27)25(23(28)31-20)14-13-24-21(26)8-5-15-30-19-6-3-2-4-7-19/h2-4,6-7,9-12,16H,5,8,13-15H2,1H3,(H,24,26). The molecule has 0 aliphatic carbocycles. The van der Waals surface area contributed by atoms with E-state index in [1.165, 1.54) is 0 Å². The van der Waals surface area contributed by atoms with Crippen LogP contribution in [0.25, 0.3) is 6.08 Å². The van der Waals surface area contributed by atoms with E-state index in [4.69, 9.17) is 9.47 Å². The molecule has 31 heavy (non-hydrogen) atoms. The van der Waals surface area contributed by atoms with Gasteiger partial charge in [-0.15, -0.1) is 0 Å². The normalized spacial score (nSPS) is 14.7. The van der Waals surface area contributed by atoms with Crippen LogP contribution in [0.15, 0.2) is 59.5 Å². The second-order valence-corrected chi connectivity index (χ2v) is 7.71. The summed E-state index contributed by atoms with van der Waals surface area (Å²) in [5.74, 6) is 0.992. The first-order chi connectivity index (χ1) is 15.1. The molecule has 1 aliphatic heterocycles. The van der Waals surface area contributed by atoms with Crippen LogP contribution in [-0.4, -0.2) is 48.8 Å². The number of carbonyl (C=O) groups is 3. The summed E-state index contributed by atoms with van der Waals surface area (Å²) in [5.41, 5.74) is 0.803. The molecule has 0 spiro atoms. The number of carbonyl (C=O) groups excluding carboxylic acids is 3. The van der Waals surface area contributed by atoms with Crippen LogP contribution in [0, 0.1) is 0 Å². The van der Waals surface area contributed by atoms with Crippen LogP contribution in [-0.2, 0) is 9.59 Å². The Labute approximate surface area is 185 Å². The molecule has 162 valence electrons. The highest BCUT2D eigenvalue weighted by molar-refractivity contribution is 8.18. The zero-order chi connectivity index (χ0) is 22.1. The van der Waals surface area contributed by atoms with Crippen molar-refractivity contribution in [3.8, 4) is 11.5 Å². The highest BCUT2D eigenvalue weighted by atomic mass is 32.2. The summed E-state index contributed by atoms with van der Waals surface area (Å²) in [6.07, 6.45) is 2.56. The second-order valence-electron chi connectivity index (χ2n) is 6.72. The minimum atomic E-state index is -0.351. The minimum absolute atomic E-state index is 0.136. The van der Waals surface area contributed by atoms with Crippen molar-refractivity contribution < 1.29 is 23.9 Å². The van der Waals surface area contributed by atoms with Gasteiger partial charge in [0.05, 0.1) is 18.6 Å². The summed E-state index contributed by atoms with van der Waals surface area (Å²) in [6, 6.07) is 16.6. The highest BCUT2D eigenvalue weighted by Crippen LogP contribution is 2.32. The SMILES string of the molecule is COc1ccc(C=C2SC(=O)N(CCNC(=O)CCCOc3ccccc3)C2=O)cc1. The van der Waals surface area contributed by atoms with Gasteiger partial charge < -0.3 is 14.8 Å². The number of para-hydroxylation sites is 1. The Balaban J connectivity index is 1.39. The molecule has 0 radical (unpaired) electrons. The lowest BCUT2D eigenvalue weighted by Gasteiger charge is -2.13. The third-order valence-electron chi connectivity index (χ3n) is 4.50. The van der Waals surface area contributed by atoms with Crippen LogP contribution in [0.4, 0.5) is 4.79 Å². The maximum Gasteiger partial charge on any atom is 0.293 e. The summed E-state index contributed by atoms with van der Waals surface area (Å²) in [6.45, 7) is 0.791. The van der Waals surface area contributed by atoms with E-state index < -0.39 is 0 Å². The lowest BCUT2D eigenvalue weighted by molar-refractivity contribution is -0.124. The molecule has 0 aromatic heterocycles. The molecule has 0 bridgehead atoms. The Bertz CT molecular complexity index is 944. The summed E-state index contributed by atoms with van der Waals surface area (Å²) < 4.78 is 10.7. The van der Waals surface area contributed by atoms with E-state index in [0.717, 1.165) is 28.0 Å². The monoisotopic (exact) mass is 440 g/mol. The summed E-state index contributed by atoms with van der Waals surface area (Å²) in [5, 5.41) is 2.41. The number of ether oxygens (including phenoxy) is 2. The van der Waals surface area contributed by atoms with Gasteiger partial charge in [0.2, 0.25) is 5.91 Å². The first kappa shape index (κ1) is 22.4. The molecule has 2 aromatic rings.